The van der Waals surface area contributed by atoms with Gasteiger partial charge in [0.2, 0.25) is 11.8 Å². The Hall–Kier alpha value is -4.19. The number of nitrogens with one attached hydrogen (secondary N) is 2. The van der Waals surface area contributed by atoms with Gasteiger partial charge >= 0.3 is 0 Å². The molecule has 2 amide bonds. The van der Waals surface area contributed by atoms with Gasteiger partial charge in [-0.15, -0.1) is 16.8 Å². The van der Waals surface area contributed by atoms with Crippen LogP contribution >= 0.6 is 11.8 Å². The lowest BCUT2D eigenvalue weighted by Crippen LogP contribution is -2.30. The van der Waals surface area contributed by atoms with Crippen molar-refractivity contribution < 1.29 is 19.2 Å². The Kier molecular flexibility index (Phi) is 9.39. The Balaban J connectivity index is 1.61. The SMILES string of the molecule is C=CCn1c(SCC(=O)Nc2ccc([N+](=O)[O-])cc2C)nnc1[C@@H](C)NC(=O)Cc1ccc(OC)cc1. The van der Waals surface area contributed by atoms with Crippen LogP contribution in [0.1, 0.15) is 29.9 Å². The first-order chi connectivity index (χ1) is 17.7. The summed E-state index contributed by atoms with van der Waals surface area (Å²) < 4.78 is 6.93. The number of non-ortho nitro benzene ring substituents is 1. The summed E-state index contributed by atoms with van der Waals surface area (Å²) in [6.07, 6.45) is 1.89. The van der Waals surface area contributed by atoms with Gasteiger partial charge in [-0.05, 0) is 43.2 Å². The second-order valence-electron chi connectivity index (χ2n) is 8.15. The zero-order valence-corrected chi connectivity index (χ0v) is 21.6. The molecule has 194 valence electrons. The number of nitro groups is 1. The first-order valence-electron chi connectivity index (χ1n) is 11.4. The summed E-state index contributed by atoms with van der Waals surface area (Å²) in [5, 5.41) is 25.5. The summed E-state index contributed by atoms with van der Waals surface area (Å²) in [6.45, 7) is 7.67. The predicted molar refractivity (Wildman–Crippen MR) is 141 cm³/mol. The maximum absolute atomic E-state index is 12.6. The molecule has 2 aromatic carbocycles. The van der Waals surface area contributed by atoms with Crippen molar-refractivity contribution in [3.63, 3.8) is 0 Å². The van der Waals surface area contributed by atoms with Crippen molar-refractivity contribution in [1.29, 1.82) is 0 Å². The molecule has 0 aliphatic carbocycles. The molecular weight excluding hydrogens is 496 g/mol. The molecule has 0 fully saturated rings. The molecule has 0 saturated heterocycles. The number of amides is 2. The summed E-state index contributed by atoms with van der Waals surface area (Å²) in [7, 11) is 1.59. The number of allylic oxidation sites excluding steroid dienone is 1. The zero-order chi connectivity index (χ0) is 26.9. The quantitative estimate of drug-likeness (QED) is 0.158. The van der Waals surface area contributed by atoms with Gasteiger partial charge < -0.3 is 19.9 Å². The van der Waals surface area contributed by atoms with E-state index in [4.69, 9.17) is 4.74 Å². The number of benzene rings is 2. The molecule has 3 aromatic rings. The third-order valence-corrected chi connectivity index (χ3v) is 6.34. The molecule has 0 unspecified atom stereocenters. The number of nitrogens with zero attached hydrogens (tertiary/aromatic N) is 4. The second kappa shape index (κ2) is 12.7. The van der Waals surface area contributed by atoms with Gasteiger partial charge in [0.25, 0.3) is 5.69 Å². The molecule has 12 heteroatoms. The van der Waals surface area contributed by atoms with Crippen LogP contribution in [0.2, 0.25) is 0 Å². The maximum Gasteiger partial charge on any atom is 0.269 e. The summed E-state index contributed by atoms with van der Waals surface area (Å²) in [4.78, 5) is 35.5. The normalized spacial score (nSPS) is 11.4. The topological polar surface area (TPSA) is 141 Å². The Bertz CT molecular complexity index is 1290. The monoisotopic (exact) mass is 524 g/mol. The number of aromatic nitrogens is 3. The van der Waals surface area contributed by atoms with E-state index in [0.717, 1.165) is 11.3 Å². The van der Waals surface area contributed by atoms with Crippen LogP contribution in [0.4, 0.5) is 11.4 Å². The molecule has 0 saturated carbocycles. The lowest BCUT2D eigenvalue weighted by Gasteiger charge is -2.15. The van der Waals surface area contributed by atoms with Crippen molar-refractivity contribution in [2.75, 3.05) is 18.2 Å². The van der Waals surface area contributed by atoms with E-state index in [9.17, 15) is 19.7 Å². The van der Waals surface area contributed by atoms with E-state index in [2.05, 4.69) is 27.4 Å². The van der Waals surface area contributed by atoms with Gasteiger partial charge in [-0.25, -0.2) is 0 Å². The highest BCUT2D eigenvalue weighted by Crippen LogP contribution is 2.24. The number of nitro benzene ring substituents is 1. The van der Waals surface area contributed by atoms with Crippen LogP contribution in [0.15, 0.2) is 60.3 Å². The number of methoxy groups -OCH3 is 1. The molecule has 0 aliphatic heterocycles. The van der Waals surface area contributed by atoms with Crippen molar-refractivity contribution in [3.05, 3.63) is 82.2 Å². The standard InChI is InChI=1S/C25H28N6O5S/c1-5-12-30-24(17(3)26-22(32)14-18-6-9-20(36-4)10-7-18)28-29-25(30)37-15-23(33)27-21-11-8-19(31(34)35)13-16(21)2/h5-11,13,17H,1,12,14-15H2,2-4H3,(H,26,32)(H,27,33)/t17-/m1/s1. The summed E-state index contributed by atoms with van der Waals surface area (Å²) in [5.74, 6) is 0.841. The molecule has 2 N–H and O–H groups in total. The van der Waals surface area contributed by atoms with Crippen LogP contribution in [-0.2, 0) is 22.6 Å². The van der Waals surface area contributed by atoms with E-state index in [0.29, 0.717) is 28.8 Å². The fourth-order valence-electron chi connectivity index (χ4n) is 3.53. The van der Waals surface area contributed by atoms with Gasteiger partial charge in [0.05, 0.1) is 30.2 Å². The minimum absolute atomic E-state index is 0.0415. The van der Waals surface area contributed by atoms with Crippen molar-refractivity contribution in [2.45, 2.75) is 38.0 Å². The van der Waals surface area contributed by atoms with Gasteiger partial charge in [0.15, 0.2) is 11.0 Å². The van der Waals surface area contributed by atoms with Gasteiger partial charge in [0.1, 0.15) is 5.75 Å². The number of hydrogen-bond donors (Lipinski definition) is 2. The lowest BCUT2D eigenvalue weighted by atomic mass is 10.1. The van der Waals surface area contributed by atoms with Crippen LogP contribution in [-0.4, -0.2) is 44.4 Å². The highest BCUT2D eigenvalue weighted by Gasteiger charge is 2.20. The van der Waals surface area contributed by atoms with Crippen LogP contribution in [0.3, 0.4) is 0 Å². The molecule has 37 heavy (non-hydrogen) atoms. The van der Waals surface area contributed by atoms with E-state index in [1.54, 1.807) is 36.8 Å². The molecule has 11 nitrogen and oxygen atoms in total. The van der Waals surface area contributed by atoms with Crippen molar-refractivity contribution in [3.8, 4) is 5.75 Å². The Morgan fingerprint density at radius 1 is 1.22 bits per heavy atom. The van der Waals surface area contributed by atoms with E-state index >= 15 is 0 Å². The number of ether oxygens (including phenoxy) is 1. The van der Waals surface area contributed by atoms with Crippen molar-refractivity contribution >= 4 is 35.0 Å². The summed E-state index contributed by atoms with van der Waals surface area (Å²) in [6, 6.07) is 11.1. The van der Waals surface area contributed by atoms with Gasteiger partial charge in [-0.2, -0.15) is 0 Å². The molecule has 1 aromatic heterocycles. The maximum atomic E-state index is 12.6. The van der Waals surface area contributed by atoms with Crippen LogP contribution in [0.5, 0.6) is 5.75 Å². The summed E-state index contributed by atoms with van der Waals surface area (Å²) in [5.41, 5.74) is 1.89. The predicted octanol–water partition coefficient (Wildman–Crippen LogP) is 3.84. The van der Waals surface area contributed by atoms with E-state index in [-0.39, 0.29) is 29.7 Å². The third-order valence-electron chi connectivity index (χ3n) is 5.37. The number of aryl methyl sites for hydroxylation is 1. The lowest BCUT2D eigenvalue weighted by molar-refractivity contribution is -0.384. The zero-order valence-electron chi connectivity index (χ0n) is 20.8. The first-order valence-corrected chi connectivity index (χ1v) is 12.3. The average Bonchev–Trinajstić information content (AvgIpc) is 3.27. The largest absolute Gasteiger partial charge is 0.497 e. The molecule has 1 atom stereocenters. The molecular formula is C25H28N6O5S. The first kappa shape index (κ1) is 27.4. The number of rotatable bonds is 12. The molecule has 1 heterocycles. The number of carbonyl (C=O) groups excluding carboxylic acids is 2. The Morgan fingerprint density at radius 3 is 2.57 bits per heavy atom. The summed E-state index contributed by atoms with van der Waals surface area (Å²) >= 11 is 1.19. The molecule has 0 bridgehead atoms. The van der Waals surface area contributed by atoms with Crippen molar-refractivity contribution in [1.82, 2.24) is 20.1 Å². The Morgan fingerprint density at radius 2 is 1.95 bits per heavy atom. The smallest absolute Gasteiger partial charge is 0.269 e. The number of hydrogen-bond acceptors (Lipinski definition) is 8. The second-order valence-corrected chi connectivity index (χ2v) is 9.09. The van der Waals surface area contributed by atoms with Crippen LogP contribution < -0.4 is 15.4 Å². The molecule has 3 rings (SSSR count). The minimum Gasteiger partial charge on any atom is -0.497 e. The number of carbonyl (C=O) groups is 2. The number of thioether (sulfide) groups is 1. The van der Waals surface area contributed by atoms with Crippen LogP contribution in [0.25, 0.3) is 0 Å². The molecule has 0 radical (unpaired) electrons. The average molecular weight is 525 g/mol. The van der Waals surface area contributed by atoms with Gasteiger partial charge in [-0.1, -0.05) is 30.0 Å². The van der Waals surface area contributed by atoms with E-state index in [1.807, 2.05) is 19.1 Å². The highest BCUT2D eigenvalue weighted by atomic mass is 32.2. The Labute approximate surface area is 218 Å². The van der Waals surface area contributed by atoms with Gasteiger partial charge in [-0.3, -0.25) is 19.7 Å². The third kappa shape index (κ3) is 7.40. The molecule has 0 aliphatic rings. The number of anilines is 1. The minimum atomic E-state index is -0.485. The van der Waals surface area contributed by atoms with Crippen molar-refractivity contribution in [2.24, 2.45) is 0 Å². The fraction of sp³-hybridized carbons (Fsp3) is 0.280. The highest BCUT2D eigenvalue weighted by molar-refractivity contribution is 7.99. The van der Waals surface area contributed by atoms with E-state index < -0.39 is 11.0 Å². The van der Waals surface area contributed by atoms with Crippen LogP contribution in [0, 0.1) is 17.0 Å². The molecule has 0 spiro atoms. The van der Waals surface area contributed by atoms with E-state index in [1.165, 1.54) is 30.0 Å². The van der Waals surface area contributed by atoms with Gasteiger partial charge in [0, 0.05) is 24.4 Å². The fourth-order valence-corrected chi connectivity index (χ4v) is 4.29.